The van der Waals surface area contributed by atoms with Gasteiger partial charge in [-0.3, -0.25) is 14.5 Å². The number of rotatable bonds is 35. The number of aliphatic hydroxyl groups excluding tert-OH is 1. The molecule has 0 saturated heterocycles. The summed E-state index contributed by atoms with van der Waals surface area (Å²) in [7, 11) is 0. The second-order valence-electron chi connectivity index (χ2n) is 13.5. The first-order valence-corrected chi connectivity index (χ1v) is 19.7. The van der Waals surface area contributed by atoms with Crippen LogP contribution in [0, 0.1) is 0 Å². The van der Waals surface area contributed by atoms with Crippen LogP contribution in [0.5, 0.6) is 0 Å². The summed E-state index contributed by atoms with van der Waals surface area (Å²) in [5, 5.41) is 9.60. The summed E-state index contributed by atoms with van der Waals surface area (Å²) in [6.45, 7) is 11.5. The van der Waals surface area contributed by atoms with Crippen molar-refractivity contribution in [1.29, 1.82) is 0 Å². The van der Waals surface area contributed by atoms with Crippen molar-refractivity contribution in [3.05, 3.63) is 0 Å². The Bertz CT molecular complexity index is 643. The number of unbranched alkanes of at least 4 members (excludes halogenated alkanes) is 17. The average molecular weight is 640 g/mol. The summed E-state index contributed by atoms with van der Waals surface area (Å²) < 4.78 is 11.2. The Morgan fingerprint density at radius 3 is 1.67 bits per heavy atom. The van der Waals surface area contributed by atoms with E-state index in [-0.39, 0.29) is 24.6 Å². The van der Waals surface area contributed by atoms with Crippen LogP contribution in [0.2, 0.25) is 0 Å². The fourth-order valence-corrected chi connectivity index (χ4v) is 6.09. The quantitative estimate of drug-likeness (QED) is 0.0549. The van der Waals surface area contributed by atoms with E-state index in [2.05, 4.69) is 32.6 Å². The van der Waals surface area contributed by atoms with Gasteiger partial charge >= 0.3 is 11.9 Å². The highest BCUT2D eigenvalue weighted by Crippen LogP contribution is 2.18. The average Bonchev–Trinajstić information content (AvgIpc) is 3.03. The summed E-state index contributed by atoms with van der Waals surface area (Å²) in [5.41, 5.74) is 0. The Balaban J connectivity index is 3.99. The SMILES string of the molecule is CCCCCCCC(CCCCCC)OC(=O)CCCCCCCN(CCO)C(C)CCCCCCCCOC(=O)CCCC. The number of hydrogen-bond acceptors (Lipinski definition) is 6. The molecule has 0 radical (unpaired) electrons. The lowest BCUT2D eigenvalue weighted by Gasteiger charge is -2.28. The van der Waals surface area contributed by atoms with Gasteiger partial charge in [0.2, 0.25) is 0 Å². The molecule has 0 aromatic heterocycles. The van der Waals surface area contributed by atoms with Crippen LogP contribution in [-0.4, -0.2) is 60.4 Å². The third-order valence-corrected chi connectivity index (χ3v) is 9.16. The minimum Gasteiger partial charge on any atom is -0.466 e. The maximum atomic E-state index is 12.6. The minimum atomic E-state index is -0.0458. The van der Waals surface area contributed by atoms with Crippen LogP contribution in [0.1, 0.15) is 201 Å². The van der Waals surface area contributed by atoms with Gasteiger partial charge in [0, 0.05) is 25.4 Å². The fourth-order valence-electron chi connectivity index (χ4n) is 6.09. The van der Waals surface area contributed by atoms with E-state index in [1.54, 1.807) is 0 Å². The molecule has 2 unspecified atom stereocenters. The van der Waals surface area contributed by atoms with Crippen molar-refractivity contribution in [3.63, 3.8) is 0 Å². The molecule has 0 saturated carbocycles. The van der Waals surface area contributed by atoms with E-state index in [4.69, 9.17) is 9.47 Å². The van der Waals surface area contributed by atoms with Crippen LogP contribution < -0.4 is 0 Å². The Morgan fingerprint density at radius 2 is 1.04 bits per heavy atom. The Morgan fingerprint density at radius 1 is 0.556 bits per heavy atom. The zero-order valence-corrected chi connectivity index (χ0v) is 30.6. The van der Waals surface area contributed by atoms with Crippen molar-refractivity contribution in [2.45, 2.75) is 213 Å². The summed E-state index contributed by atoms with van der Waals surface area (Å²) >= 11 is 0. The van der Waals surface area contributed by atoms with Gasteiger partial charge in [0.1, 0.15) is 6.10 Å². The lowest BCUT2D eigenvalue weighted by molar-refractivity contribution is -0.150. The van der Waals surface area contributed by atoms with E-state index >= 15 is 0 Å². The molecule has 0 aliphatic carbocycles. The monoisotopic (exact) mass is 640 g/mol. The van der Waals surface area contributed by atoms with Gasteiger partial charge in [-0.2, -0.15) is 0 Å². The van der Waals surface area contributed by atoms with Crippen molar-refractivity contribution in [2.75, 3.05) is 26.3 Å². The summed E-state index contributed by atoms with van der Waals surface area (Å²) in [5.74, 6) is -0.0362. The molecule has 268 valence electrons. The Labute approximate surface area is 280 Å². The lowest BCUT2D eigenvalue weighted by atomic mass is 10.0. The third-order valence-electron chi connectivity index (χ3n) is 9.16. The van der Waals surface area contributed by atoms with Gasteiger partial charge in [0.25, 0.3) is 0 Å². The van der Waals surface area contributed by atoms with Crippen LogP contribution in [0.4, 0.5) is 0 Å². The predicted octanol–water partition coefficient (Wildman–Crippen LogP) is 10.7. The number of nitrogens with zero attached hydrogens (tertiary/aromatic N) is 1. The molecule has 0 spiro atoms. The van der Waals surface area contributed by atoms with E-state index in [0.29, 0.717) is 25.5 Å². The molecule has 0 bridgehead atoms. The number of aliphatic hydroxyl groups is 1. The molecule has 0 amide bonds. The molecular formula is C39H77NO5. The molecule has 0 heterocycles. The van der Waals surface area contributed by atoms with Crippen LogP contribution in [-0.2, 0) is 19.1 Å². The number of carbonyl (C=O) groups is 2. The first kappa shape index (κ1) is 43.9. The van der Waals surface area contributed by atoms with Crippen molar-refractivity contribution >= 4 is 11.9 Å². The number of esters is 2. The molecule has 0 fully saturated rings. The molecule has 2 atom stereocenters. The summed E-state index contributed by atoms with van der Waals surface area (Å²) in [6.07, 6.45) is 30.2. The van der Waals surface area contributed by atoms with Gasteiger partial charge in [0.05, 0.1) is 13.2 Å². The van der Waals surface area contributed by atoms with E-state index in [9.17, 15) is 14.7 Å². The molecule has 6 heteroatoms. The maximum Gasteiger partial charge on any atom is 0.306 e. The third kappa shape index (κ3) is 30.0. The molecule has 0 aliphatic heterocycles. The van der Waals surface area contributed by atoms with Gasteiger partial charge in [-0.1, -0.05) is 124 Å². The zero-order valence-electron chi connectivity index (χ0n) is 30.6. The molecule has 6 nitrogen and oxygen atoms in total. The van der Waals surface area contributed by atoms with Gasteiger partial charge in [0.15, 0.2) is 0 Å². The van der Waals surface area contributed by atoms with Crippen LogP contribution in [0.15, 0.2) is 0 Å². The minimum absolute atomic E-state index is 0.00954. The Kier molecular flexibility index (Phi) is 33.3. The van der Waals surface area contributed by atoms with E-state index in [1.165, 1.54) is 96.3 Å². The van der Waals surface area contributed by atoms with Gasteiger partial charge in [-0.05, 0) is 71.3 Å². The van der Waals surface area contributed by atoms with Crippen molar-refractivity contribution in [1.82, 2.24) is 4.90 Å². The molecule has 0 aromatic carbocycles. The van der Waals surface area contributed by atoms with Crippen molar-refractivity contribution in [3.8, 4) is 0 Å². The van der Waals surface area contributed by atoms with Gasteiger partial charge in [-0.15, -0.1) is 0 Å². The largest absolute Gasteiger partial charge is 0.466 e. The van der Waals surface area contributed by atoms with Crippen LogP contribution >= 0.6 is 0 Å². The first-order chi connectivity index (χ1) is 22.0. The van der Waals surface area contributed by atoms with Gasteiger partial charge in [-0.25, -0.2) is 0 Å². The van der Waals surface area contributed by atoms with Crippen LogP contribution in [0.3, 0.4) is 0 Å². The fraction of sp³-hybridized carbons (Fsp3) is 0.949. The molecule has 1 N–H and O–H groups in total. The smallest absolute Gasteiger partial charge is 0.306 e. The predicted molar refractivity (Wildman–Crippen MR) is 191 cm³/mol. The topological polar surface area (TPSA) is 76.1 Å². The highest BCUT2D eigenvalue weighted by atomic mass is 16.5. The molecule has 0 rings (SSSR count). The molecule has 0 aliphatic rings. The maximum absolute atomic E-state index is 12.6. The summed E-state index contributed by atoms with van der Waals surface area (Å²) in [4.78, 5) is 26.6. The lowest BCUT2D eigenvalue weighted by Crippen LogP contribution is -2.36. The van der Waals surface area contributed by atoms with Crippen LogP contribution in [0.25, 0.3) is 0 Å². The highest BCUT2D eigenvalue weighted by molar-refractivity contribution is 5.69. The second-order valence-corrected chi connectivity index (χ2v) is 13.5. The number of hydrogen-bond donors (Lipinski definition) is 1. The summed E-state index contributed by atoms with van der Waals surface area (Å²) in [6, 6.07) is 0.496. The zero-order chi connectivity index (χ0) is 33.2. The molecule has 45 heavy (non-hydrogen) atoms. The Hall–Kier alpha value is -1.14. The van der Waals surface area contributed by atoms with E-state index in [1.807, 2.05) is 0 Å². The van der Waals surface area contributed by atoms with Crippen molar-refractivity contribution in [2.24, 2.45) is 0 Å². The highest BCUT2D eigenvalue weighted by Gasteiger charge is 2.15. The van der Waals surface area contributed by atoms with E-state index < -0.39 is 0 Å². The first-order valence-electron chi connectivity index (χ1n) is 19.7. The normalized spacial score (nSPS) is 12.8. The second kappa shape index (κ2) is 34.2. The number of carbonyl (C=O) groups excluding carboxylic acids is 2. The van der Waals surface area contributed by atoms with Gasteiger partial charge < -0.3 is 14.6 Å². The van der Waals surface area contributed by atoms with Crippen molar-refractivity contribution < 1.29 is 24.2 Å². The molecule has 0 aromatic rings. The standard InChI is InChI=1S/C39H77NO5/c1-5-8-11-16-23-29-37(28-22-12-9-6-2)45-39(43)31-24-18-15-19-25-32-40(33-34-41)36(4)27-21-17-13-14-20-26-35-44-38(42)30-10-7-3/h36-37,41H,5-35H2,1-4H3. The van der Waals surface area contributed by atoms with E-state index in [0.717, 1.165) is 77.3 Å². The molecular weight excluding hydrogens is 562 g/mol. The number of ether oxygens (including phenoxy) is 2.